The van der Waals surface area contributed by atoms with Gasteiger partial charge in [0.25, 0.3) is 11.8 Å². The number of methoxy groups -OCH3 is 1. The predicted molar refractivity (Wildman–Crippen MR) is 116 cm³/mol. The smallest absolute Gasteiger partial charge is 0.382 e. The van der Waals surface area contributed by atoms with Gasteiger partial charge in [-0.3, -0.25) is 14.7 Å². The lowest BCUT2D eigenvalue weighted by Gasteiger charge is -2.32. The predicted octanol–water partition coefficient (Wildman–Crippen LogP) is 3.27. The van der Waals surface area contributed by atoms with Crippen LogP contribution >= 0.6 is 0 Å². The van der Waals surface area contributed by atoms with Crippen molar-refractivity contribution in [3.63, 3.8) is 0 Å². The Morgan fingerprint density at radius 1 is 1.26 bits per heavy atom. The van der Waals surface area contributed by atoms with Crippen molar-refractivity contribution in [2.24, 2.45) is 0 Å². The molecule has 1 saturated carbocycles. The number of halogens is 3. The maximum Gasteiger partial charge on any atom is 0.406 e. The molecule has 0 radical (unpaired) electrons. The van der Waals surface area contributed by atoms with Gasteiger partial charge in [-0.05, 0) is 25.0 Å². The van der Waals surface area contributed by atoms with Crippen molar-refractivity contribution in [2.75, 3.05) is 26.8 Å². The number of aromatic nitrogens is 3. The zero-order valence-electron chi connectivity index (χ0n) is 18.5. The van der Waals surface area contributed by atoms with Gasteiger partial charge in [-0.15, -0.1) is 0 Å². The number of amides is 2. The van der Waals surface area contributed by atoms with Crippen LogP contribution in [0.2, 0.25) is 0 Å². The maximum absolute atomic E-state index is 13.4. The maximum atomic E-state index is 13.4. The molecule has 0 unspecified atom stereocenters. The van der Waals surface area contributed by atoms with Gasteiger partial charge >= 0.3 is 6.18 Å². The molecule has 2 aliphatic rings. The second kappa shape index (κ2) is 8.15. The van der Waals surface area contributed by atoms with Crippen LogP contribution in [-0.2, 0) is 17.7 Å². The summed E-state index contributed by atoms with van der Waals surface area (Å²) < 4.78 is 45.2. The Hall–Kier alpha value is -3.34. The fourth-order valence-corrected chi connectivity index (χ4v) is 4.67. The van der Waals surface area contributed by atoms with E-state index in [0.717, 1.165) is 15.8 Å². The minimum Gasteiger partial charge on any atom is -0.382 e. The van der Waals surface area contributed by atoms with E-state index in [2.05, 4.69) is 15.2 Å². The summed E-state index contributed by atoms with van der Waals surface area (Å²) in [6, 6.07) is 9.28. The third-order valence-electron chi connectivity index (χ3n) is 6.58. The van der Waals surface area contributed by atoms with E-state index in [1.165, 1.54) is 7.11 Å². The number of carbonyl (C=O) groups excluding carboxylic acids is 2. The van der Waals surface area contributed by atoms with E-state index < -0.39 is 24.2 Å². The van der Waals surface area contributed by atoms with Crippen LogP contribution in [-0.4, -0.2) is 75.3 Å². The van der Waals surface area contributed by atoms with Crippen LogP contribution in [0.5, 0.6) is 0 Å². The Bertz CT molecular complexity index is 1210. The van der Waals surface area contributed by atoms with Gasteiger partial charge in [0.15, 0.2) is 5.69 Å². The first kappa shape index (κ1) is 22.5. The zero-order valence-corrected chi connectivity index (χ0v) is 18.5. The minimum absolute atomic E-state index is 0.0203. The molecule has 0 spiro atoms. The molecule has 0 saturated heterocycles. The van der Waals surface area contributed by atoms with Crippen molar-refractivity contribution in [3.05, 3.63) is 53.0 Å². The second-order valence-corrected chi connectivity index (χ2v) is 8.94. The molecule has 11 heteroatoms. The normalized spacial score (nSPS) is 17.0. The highest BCUT2D eigenvalue weighted by atomic mass is 19.4. The van der Waals surface area contributed by atoms with Gasteiger partial charge < -0.3 is 19.5 Å². The summed E-state index contributed by atoms with van der Waals surface area (Å²) in [6.07, 6.45) is -3.28. The summed E-state index contributed by atoms with van der Waals surface area (Å²) in [6.45, 7) is -0.879. The number of ether oxygens (including phenoxy) is 1. The highest BCUT2D eigenvalue weighted by Crippen LogP contribution is 2.44. The highest BCUT2D eigenvalue weighted by molar-refractivity contribution is 5.99. The lowest BCUT2D eigenvalue weighted by molar-refractivity contribution is -0.148. The number of carbonyl (C=O) groups is 2. The Balaban J connectivity index is 1.41. The van der Waals surface area contributed by atoms with Crippen LogP contribution in [0.15, 0.2) is 30.3 Å². The first-order valence-electron chi connectivity index (χ1n) is 11.0. The van der Waals surface area contributed by atoms with Gasteiger partial charge in [-0.2, -0.15) is 18.3 Å². The molecule has 8 nitrogen and oxygen atoms in total. The van der Waals surface area contributed by atoms with E-state index >= 15 is 0 Å². The van der Waals surface area contributed by atoms with Crippen molar-refractivity contribution in [2.45, 2.75) is 37.5 Å². The summed E-state index contributed by atoms with van der Waals surface area (Å²) in [4.78, 5) is 32.0. The number of fused-ring (bicyclic) bond motifs is 2. The van der Waals surface area contributed by atoms with Gasteiger partial charge in [0.1, 0.15) is 12.2 Å². The van der Waals surface area contributed by atoms with Crippen LogP contribution < -0.4 is 0 Å². The van der Waals surface area contributed by atoms with Crippen LogP contribution in [0, 0.1) is 0 Å². The van der Waals surface area contributed by atoms with Crippen molar-refractivity contribution >= 4 is 22.7 Å². The molecule has 3 aromatic rings. The fraction of sp³-hybridized carbons (Fsp3) is 0.435. The average Bonchev–Trinajstić information content (AvgIpc) is 3.27. The number of hydrogen-bond acceptors (Lipinski definition) is 4. The largest absolute Gasteiger partial charge is 0.406 e. The first-order chi connectivity index (χ1) is 16.2. The van der Waals surface area contributed by atoms with Gasteiger partial charge in [0, 0.05) is 42.2 Å². The third kappa shape index (κ3) is 4.04. The summed E-state index contributed by atoms with van der Waals surface area (Å²) in [5, 5.41) is 7.78. The molecule has 2 N–H and O–H groups in total. The molecule has 1 aliphatic heterocycles. The van der Waals surface area contributed by atoms with Crippen LogP contribution in [0.25, 0.3) is 10.9 Å². The molecule has 1 aliphatic carbocycles. The molecule has 3 heterocycles. The highest BCUT2D eigenvalue weighted by Gasteiger charge is 2.54. The van der Waals surface area contributed by atoms with Crippen molar-refractivity contribution in [1.29, 1.82) is 0 Å². The van der Waals surface area contributed by atoms with Crippen molar-refractivity contribution < 1.29 is 27.5 Å². The van der Waals surface area contributed by atoms with E-state index in [1.54, 1.807) is 11.0 Å². The van der Waals surface area contributed by atoms with Crippen LogP contribution in [0.3, 0.4) is 0 Å². The molecule has 34 heavy (non-hydrogen) atoms. The summed E-state index contributed by atoms with van der Waals surface area (Å²) >= 11 is 0. The third-order valence-corrected chi connectivity index (χ3v) is 6.58. The lowest BCUT2D eigenvalue weighted by atomic mass is 10.0. The van der Waals surface area contributed by atoms with Gasteiger partial charge in [0.2, 0.25) is 0 Å². The minimum atomic E-state index is -4.56. The molecule has 2 amide bonds. The standard InChI is InChI=1S/C23H24F3N5O3/c1-34-13-22(7-8-22)31(12-23(24,25)26)21(33)19-15-11-30(9-6-17(15)28-29-19)20(32)18-10-14-4-2-3-5-16(14)27-18/h2-5,10,27H,6-9,11-13H2,1H3,(H,28,29). The number of nitrogens with zero attached hydrogens (tertiary/aromatic N) is 3. The van der Waals surface area contributed by atoms with Gasteiger partial charge in [-0.1, -0.05) is 18.2 Å². The summed E-state index contributed by atoms with van der Waals surface area (Å²) in [5.41, 5.74) is 1.31. The molecule has 180 valence electrons. The van der Waals surface area contributed by atoms with Crippen LogP contribution in [0.4, 0.5) is 13.2 Å². The molecule has 0 atom stereocenters. The van der Waals surface area contributed by atoms with E-state index in [0.29, 0.717) is 42.8 Å². The summed E-state index contributed by atoms with van der Waals surface area (Å²) in [7, 11) is 1.40. The van der Waals surface area contributed by atoms with Crippen molar-refractivity contribution in [1.82, 2.24) is 25.0 Å². The topological polar surface area (TPSA) is 94.3 Å². The quantitative estimate of drug-likeness (QED) is 0.572. The number of nitrogens with one attached hydrogen (secondary N) is 2. The number of para-hydroxylation sites is 1. The summed E-state index contributed by atoms with van der Waals surface area (Å²) in [5.74, 6) is -1.05. The number of hydrogen-bond donors (Lipinski definition) is 2. The van der Waals surface area contributed by atoms with E-state index in [9.17, 15) is 22.8 Å². The van der Waals surface area contributed by atoms with E-state index in [-0.39, 0.29) is 24.8 Å². The van der Waals surface area contributed by atoms with Crippen molar-refractivity contribution in [3.8, 4) is 0 Å². The molecule has 1 fully saturated rings. The lowest BCUT2D eigenvalue weighted by Crippen LogP contribution is -2.50. The van der Waals surface area contributed by atoms with Crippen LogP contribution in [0.1, 0.15) is 45.1 Å². The number of benzene rings is 1. The molecule has 0 bridgehead atoms. The molecule has 5 rings (SSSR count). The van der Waals surface area contributed by atoms with Gasteiger partial charge in [0.05, 0.1) is 18.7 Å². The Labute approximate surface area is 193 Å². The SMILES string of the molecule is COCC1(N(CC(F)(F)F)C(=O)c2n[nH]c3c2CN(C(=O)c2cc4ccccc4[nH]2)CC3)CC1. The average molecular weight is 475 g/mol. The number of H-pyrrole nitrogens is 2. The van der Waals surface area contributed by atoms with Gasteiger partial charge in [-0.25, -0.2) is 0 Å². The molecular weight excluding hydrogens is 451 g/mol. The zero-order chi connectivity index (χ0) is 24.1. The molecular formula is C23H24F3N5O3. The van der Waals surface area contributed by atoms with E-state index in [1.807, 2.05) is 24.3 Å². The van der Waals surface area contributed by atoms with E-state index in [4.69, 9.17) is 4.74 Å². The molecule has 2 aromatic heterocycles. The monoisotopic (exact) mass is 475 g/mol. The Morgan fingerprint density at radius 3 is 2.71 bits per heavy atom. The fourth-order valence-electron chi connectivity index (χ4n) is 4.67. The molecule has 1 aromatic carbocycles. The number of alkyl halides is 3. The number of aromatic amines is 2. The number of rotatable bonds is 6. The Morgan fingerprint density at radius 2 is 2.03 bits per heavy atom. The second-order valence-electron chi connectivity index (χ2n) is 8.94. The first-order valence-corrected chi connectivity index (χ1v) is 11.0. The Kier molecular flexibility index (Phi) is 5.38.